The zero-order valence-electron chi connectivity index (χ0n) is 16.1. The molecule has 4 nitrogen and oxygen atoms in total. The molecule has 1 unspecified atom stereocenters. The summed E-state index contributed by atoms with van der Waals surface area (Å²) >= 11 is 0. The molecule has 1 aliphatic rings. The molecule has 1 aromatic heterocycles. The SMILES string of the molecule is Cc1cc2oc(=O)cc(C[NH2+][C@@H]3CC[NH+](Cc4ccccc4)C3)c2cc1C. The Kier molecular flexibility index (Phi) is 5.10. The van der Waals surface area contributed by atoms with Crippen molar-refractivity contribution in [3.05, 3.63) is 81.2 Å². The van der Waals surface area contributed by atoms with E-state index in [1.807, 2.05) is 6.07 Å². The van der Waals surface area contributed by atoms with Crippen LogP contribution in [0.5, 0.6) is 0 Å². The maximum Gasteiger partial charge on any atom is 0.336 e. The summed E-state index contributed by atoms with van der Waals surface area (Å²) in [4.78, 5) is 13.6. The van der Waals surface area contributed by atoms with Crippen LogP contribution in [-0.2, 0) is 13.1 Å². The van der Waals surface area contributed by atoms with Gasteiger partial charge in [-0.25, -0.2) is 4.79 Å². The van der Waals surface area contributed by atoms with Crippen LogP contribution in [0.25, 0.3) is 11.0 Å². The second kappa shape index (κ2) is 7.67. The molecule has 1 fully saturated rings. The summed E-state index contributed by atoms with van der Waals surface area (Å²) in [7, 11) is 0. The summed E-state index contributed by atoms with van der Waals surface area (Å²) in [6, 6.07) is 17.1. The highest BCUT2D eigenvalue weighted by Gasteiger charge is 2.28. The second-order valence-electron chi connectivity index (χ2n) is 7.88. The van der Waals surface area contributed by atoms with Gasteiger partial charge in [0.15, 0.2) is 0 Å². The first-order valence-electron chi connectivity index (χ1n) is 9.83. The number of hydrogen-bond donors (Lipinski definition) is 2. The van der Waals surface area contributed by atoms with Crippen molar-refractivity contribution >= 4 is 11.0 Å². The van der Waals surface area contributed by atoms with E-state index in [4.69, 9.17) is 4.42 Å². The number of rotatable bonds is 5. The fraction of sp³-hybridized carbons (Fsp3) is 0.348. The Bertz CT molecular complexity index is 994. The molecular formula is C23H28N2O2+2. The fourth-order valence-electron chi connectivity index (χ4n) is 4.16. The molecule has 2 atom stereocenters. The topological polar surface area (TPSA) is 51.3 Å². The summed E-state index contributed by atoms with van der Waals surface area (Å²) in [5.74, 6) is 0. The lowest BCUT2D eigenvalue weighted by molar-refractivity contribution is -0.911. The summed E-state index contributed by atoms with van der Waals surface area (Å²) in [6.07, 6.45) is 1.22. The highest BCUT2D eigenvalue weighted by molar-refractivity contribution is 5.81. The largest absolute Gasteiger partial charge is 0.423 e. The van der Waals surface area contributed by atoms with Crippen LogP contribution in [0.1, 0.15) is 28.7 Å². The van der Waals surface area contributed by atoms with Crippen molar-refractivity contribution < 1.29 is 14.6 Å². The third kappa shape index (κ3) is 4.12. The molecule has 3 N–H and O–H groups in total. The molecule has 2 heterocycles. The van der Waals surface area contributed by atoms with Gasteiger partial charge in [0.25, 0.3) is 0 Å². The van der Waals surface area contributed by atoms with Crippen molar-refractivity contribution in [3.63, 3.8) is 0 Å². The third-order valence-corrected chi connectivity index (χ3v) is 5.83. The highest BCUT2D eigenvalue weighted by Crippen LogP contribution is 2.21. The van der Waals surface area contributed by atoms with Gasteiger partial charge in [-0.15, -0.1) is 0 Å². The number of likely N-dealkylation sites (tertiary alicyclic amines) is 1. The molecule has 140 valence electrons. The fourth-order valence-corrected chi connectivity index (χ4v) is 4.16. The van der Waals surface area contributed by atoms with Crippen LogP contribution in [-0.4, -0.2) is 19.1 Å². The number of benzene rings is 2. The van der Waals surface area contributed by atoms with Crippen molar-refractivity contribution in [1.29, 1.82) is 0 Å². The molecule has 3 aromatic rings. The maximum absolute atomic E-state index is 12.0. The standard InChI is InChI=1S/C23H26N2O2/c1-16-10-21-19(12-23(26)27-22(21)11-17(16)2)13-24-20-8-9-25(15-20)14-18-6-4-3-5-7-18/h3-7,10-12,20,24H,8-9,13-15H2,1-2H3/p+2/t20-/m1/s1. The van der Waals surface area contributed by atoms with E-state index in [-0.39, 0.29) is 5.63 Å². The van der Waals surface area contributed by atoms with E-state index >= 15 is 0 Å². The minimum atomic E-state index is -0.253. The van der Waals surface area contributed by atoms with Crippen LogP contribution in [0.3, 0.4) is 0 Å². The van der Waals surface area contributed by atoms with Crippen molar-refractivity contribution in [2.75, 3.05) is 13.1 Å². The highest BCUT2D eigenvalue weighted by atomic mass is 16.4. The van der Waals surface area contributed by atoms with Crippen molar-refractivity contribution in [3.8, 4) is 0 Å². The van der Waals surface area contributed by atoms with Gasteiger partial charge in [0.1, 0.15) is 31.3 Å². The van der Waals surface area contributed by atoms with Gasteiger partial charge in [0.05, 0.1) is 13.0 Å². The van der Waals surface area contributed by atoms with Crippen LogP contribution >= 0.6 is 0 Å². The number of nitrogens with one attached hydrogen (secondary N) is 1. The molecule has 0 spiro atoms. The second-order valence-corrected chi connectivity index (χ2v) is 7.88. The molecule has 1 aliphatic heterocycles. The smallest absolute Gasteiger partial charge is 0.336 e. The molecule has 0 aliphatic carbocycles. The summed E-state index contributed by atoms with van der Waals surface area (Å²) in [5.41, 5.74) is 5.33. The van der Waals surface area contributed by atoms with Gasteiger partial charge in [-0.3, -0.25) is 0 Å². The Morgan fingerprint density at radius 2 is 1.89 bits per heavy atom. The van der Waals surface area contributed by atoms with E-state index in [1.165, 1.54) is 30.6 Å². The van der Waals surface area contributed by atoms with Gasteiger partial charge in [-0.05, 0) is 37.1 Å². The lowest BCUT2D eigenvalue weighted by atomic mass is 10.0. The first-order valence-corrected chi connectivity index (χ1v) is 9.83. The van der Waals surface area contributed by atoms with Gasteiger partial charge in [0.2, 0.25) is 0 Å². The molecule has 0 bridgehead atoms. The maximum atomic E-state index is 12.0. The van der Waals surface area contributed by atoms with Crippen LogP contribution in [0, 0.1) is 13.8 Å². The van der Waals surface area contributed by atoms with Crippen LogP contribution in [0.2, 0.25) is 0 Å². The predicted octanol–water partition coefficient (Wildman–Crippen LogP) is 1.33. The Morgan fingerprint density at radius 1 is 1.11 bits per heavy atom. The first kappa shape index (κ1) is 18.0. The van der Waals surface area contributed by atoms with Gasteiger partial charge >= 0.3 is 5.63 Å². The molecule has 0 saturated carbocycles. The zero-order valence-corrected chi connectivity index (χ0v) is 16.1. The van der Waals surface area contributed by atoms with E-state index < -0.39 is 0 Å². The molecule has 27 heavy (non-hydrogen) atoms. The molecule has 2 aromatic carbocycles. The van der Waals surface area contributed by atoms with Gasteiger partial charge in [-0.2, -0.15) is 0 Å². The minimum absolute atomic E-state index is 0.253. The third-order valence-electron chi connectivity index (χ3n) is 5.83. The quantitative estimate of drug-likeness (QED) is 0.671. The molecule has 0 radical (unpaired) electrons. The number of fused-ring (bicyclic) bond motifs is 1. The first-order chi connectivity index (χ1) is 13.1. The number of nitrogens with two attached hydrogens (primary N) is 1. The minimum Gasteiger partial charge on any atom is -0.423 e. The van der Waals surface area contributed by atoms with Crippen molar-refractivity contribution in [2.24, 2.45) is 0 Å². The molecule has 4 heteroatoms. The summed E-state index contributed by atoms with van der Waals surface area (Å²) < 4.78 is 5.42. The molecular weight excluding hydrogens is 336 g/mol. The Hall–Kier alpha value is -2.43. The van der Waals surface area contributed by atoms with Crippen LogP contribution in [0.15, 0.2) is 57.7 Å². The van der Waals surface area contributed by atoms with Crippen LogP contribution < -0.4 is 15.8 Å². The average molecular weight is 364 g/mol. The Labute approximate surface area is 159 Å². The van der Waals surface area contributed by atoms with Crippen molar-refractivity contribution in [1.82, 2.24) is 0 Å². The number of quaternary nitrogens is 2. The van der Waals surface area contributed by atoms with Gasteiger partial charge in [0, 0.05) is 22.6 Å². The monoisotopic (exact) mass is 364 g/mol. The van der Waals surface area contributed by atoms with Crippen LogP contribution in [0.4, 0.5) is 0 Å². The summed E-state index contributed by atoms with van der Waals surface area (Å²) in [5, 5.41) is 3.47. The van der Waals surface area contributed by atoms with E-state index in [2.05, 4.69) is 55.6 Å². The predicted molar refractivity (Wildman–Crippen MR) is 107 cm³/mol. The lowest BCUT2D eigenvalue weighted by Gasteiger charge is -2.13. The van der Waals surface area contributed by atoms with E-state index in [9.17, 15) is 4.79 Å². The number of hydrogen-bond acceptors (Lipinski definition) is 2. The van der Waals surface area contributed by atoms with E-state index in [0.717, 1.165) is 29.6 Å². The molecule has 0 amide bonds. The lowest BCUT2D eigenvalue weighted by Crippen LogP contribution is -3.10. The Balaban J connectivity index is 1.43. The van der Waals surface area contributed by atoms with Gasteiger partial charge < -0.3 is 14.6 Å². The van der Waals surface area contributed by atoms with E-state index in [1.54, 1.807) is 11.0 Å². The van der Waals surface area contributed by atoms with E-state index in [0.29, 0.717) is 11.6 Å². The number of aryl methyl sites for hydroxylation is 2. The molecule has 1 saturated heterocycles. The normalized spacial score (nSPS) is 19.6. The average Bonchev–Trinajstić information content (AvgIpc) is 3.09. The van der Waals surface area contributed by atoms with Crippen molar-refractivity contribution in [2.45, 2.75) is 39.4 Å². The zero-order chi connectivity index (χ0) is 18.8. The molecule has 4 rings (SSSR count). The summed E-state index contributed by atoms with van der Waals surface area (Å²) in [6.45, 7) is 8.47. The Morgan fingerprint density at radius 3 is 2.70 bits per heavy atom. The van der Waals surface area contributed by atoms with Gasteiger partial charge in [-0.1, -0.05) is 30.3 Å².